The second-order valence-corrected chi connectivity index (χ2v) is 15.9. The van der Waals surface area contributed by atoms with Crippen molar-refractivity contribution in [3.05, 3.63) is 65.9 Å². The number of rotatable bonds is 9. The van der Waals surface area contributed by atoms with Crippen LogP contribution in [0.2, 0.25) is 0 Å². The zero-order chi connectivity index (χ0) is 39.3. The van der Waals surface area contributed by atoms with Gasteiger partial charge in [-0.15, -0.1) is 6.42 Å². The normalized spacial score (nSPS) is 26.3. The van der Waals surface area contributed by atoms with Crippen LogP contribution in [0, 0.1) is 35.3 Å². The smallest absolute Gasteiger partial charge is 0.319 e. The molecule has 0 saturated carbocycles. The summed E-state index contributed by atoms with van der Waals surface area (Å²) in [5, 5.41) is 11.1. The molecule has 5 fully saturated rings. The average molecular weight is 777 g/mol. The van der Waals surface area contributed by atoms with Crippen LogP contribution in [0.5, 0.6) is 6.01 Å². The molecule has 4 aromatic rings. The van der Waals surface area contributed by atoms with Gasteiger partial charge in [0.05, 0.1) is 47.2 Å². The molecule has 2 unspecified atom stereocenters. The zero-order valence-electron chi connectivity index (χ0n) is 31.5. The van der Waals surface area contributed by atoms with Crippen LogP contribution in [0.4, 0.5) is 19.0 Å². The SMILES string of the molecule is C#Cc1c(F)ccc2cccc(-c3ncc4c(N5CCN(C(=O)/C=C/CN6CC7CCC(C6)O7)[C@@H](CC#N)C5)nc(OC[C@@]56CCCN5C[C@H](F)C6)nc4c3F)c12. The van der Waals surface area contributed by atoms with E-state index in [1.165, 1.54) is 12.3 Å². The van der Waals surface area contributed by atoms with Gasteiger partial charge in [0.25, 0.3) is 0 Å². The Morgan fingerprint density at radius 1 is 1.09 bits per heavy atom. The number of nitriles is 1. The number of hydrogen-bond acceptors (Lipinski definition) is 10. The number of amides is 1. The van der Waals surface area contributed by atoms with E-state index in [0.717, 1.165) is 45.3 Å². The number of piperazine rings is 1. The molecule has 14 heteroatoms. The van der Waals surface area contributed by atoms with Crippen LogP contribution in [-0.4, -0.2) is 124 Å². The summed E-state index contributed by atoms with van der Waals surface area (Å²) in [6, 6.07) is 9.68. The Morgan fingerprint density at radius 3 is 2.74 bits per heavy atom. The molecule has 57 heavy (non-hydrogen) atoms. The highest BCUT2D eigenvalue weighted by Gasteiger charge is 2.49. The highest BCUT2D eigenvalue weighted by molar-refractivity contribution is 6.02. The number of anilines is 1. The molecule has 7 heterocycles. The number of terminal acetylenes is 1. The van der Waals surface area contributed by atoms with Gasteiger partial charge in [0.1, 0.15) is 35.6 Å². The van der Waals surface area contributed by atoms with Crippen LogP contribution < -0.4 is 9.64 Å². The second-order valence-electron chi connectivity index (χ2n) is 15.9. The molecule has 5 aliphatic heterocycles. The zero-order valence-corrected chi connectivity index (χ0v) is 31.5. The van der Waals surface area contributed by atoms with E-state index in [2.05, 4.69) is 31.8 Å². The van der Waals surface area contributed by atoms with Crippen molar-refractivity contribution in [2.75, 3.05) is 63.9 Å². The van der Waals surface area contributed by atoms with E-state index in [1.807, 2.05) is 11.0 Å². The van der Waals surface area contributed by atoms with Crippen molar-refractivity contribution in [2.45, 2.75) is 68.5 Å². The Bertz CT molecular complexity index is 2330. The summed E-state index contributed by atoms with van der Waals surface area (Å²) in [4.78, 5) is 35.6. The summed E-state index contributed by atoms with van der Waals surface area (Å²) in [6.07, 6.45) is 14.5. The highest BCUT2D eigenvalue weighted by Crippen LogP contribution is 2.41. The first-order valence-corrected chi connectivity index (χ1v) is 19.8. The number of morpholine rings is 1. The molecule has 2 bridgehead atoms. The minimum absolute atomic E-state index is 0.00121. The van der Waals surface area contributed by atoms with Gasteiger partial charge >= 0.3 is 6.01 Å². The van der Waals surface area contributed by atoms with E-state index in [4.69, 9.17) is 20.9 Å². The molecule has 0 radical (unpaired) electrons. The van der Waals surface area contributed by atoms with Gasteiger partial charge in [-0.1, -0.05) is 36.3 Å². The lowest BCUT2D eigenvalue weighted by atomic mass is 9.95. The Morgan fingerprint density at radius 2 is 1.93 bits per heavy atom. The highest BCUT2D eigenvalue weighted by atomic mass is 19.1. The predicted molar refractivity (Wildman–Crippen MR) is 208 cm³/mol. The van der Waals surface area contributed by atoms with Crippen LogP contribution in [0.15, 0.2) is 48.7 Å². The van der Waals surface area contributed by atoms with Gasteiger partial charge in [0, 0.05) is 75.5 Å². The molecule has 0 spiro atoms. The monoisotopic (exact) mass is 776 g/mol. The molecule has 5 aliphatic rings. The number of carbonyl (C=O) groups is 1. The van der Waals surface area contributed by atoms with E-state index >= 15 is 4.39 Å². The standard InChI is InChI=1S/C43H43F3N8O3/c1-2-32-35(45)12-9-27-6-3-7-33(37(27)32)39-38(46)40-34(21-48-39)41(50-42(49-40)56-26-43-14-5-17-53(43)22-28(44)20-43)52-18-19-54(29(23-52)13-15-47)36(55)8-4-16-51-24-30-10-11-31(25-51)57-30/h1,3-4,6-9,12,21,28-31H,5,10-11,13-14,16-20,22-26H2/b8-4+/t28-,29+,30?,31?,43+/m1/s1. The fraction of sp³-hybridized carbons (Fsp3) is 0.465. The molecule has 11 nitrogen and oxygen atoms in total. The number of nitrogens with zero attached hydrogens (tertiary/aromatic N) is 8. The van der Waals surface area contributed by atoms with Crippen molar-refractivity contribution < 1.29 is 27.4 Å². The molecular formula is C43H43F3N8O3. The fourth-order valence-electron chi connectivity index (χ4n) is 9.72. The maximum absolute atomic E-state index is 17.1. The van der Waals surface area contributed by atoms with Crippen LogP contribution in [0.3, 0.4) is 0 Å². The number of fused-ring (bicyclic) bond motifs is 5. The fourth-order valence-corrected chi connectivity index (χ4v) is 9.72. The Labute approximate surface area is 329 Å². The van der Waals surface area contributed by atoms with Crippen LogP contribution >= 0.6 is 0 Å². The first kappa shape index (κ1) is 37.3. The number of carbonyl (C=O) groups excluding carboxylic acids is 1. The Kier molecular flexibility index (Phi) is 9.97. The van der Waals surface area contributed by atoms with Gasteiger partial charge in [-0.3, -0.25) is 19.6 Å². The first-order chi connectivity index (χ1) is 27.7. The Balaban J connectivity index is 1.05. The number of halogens is 3. The van der Waals surface area contributed by atoms with Crippen molar-refractivity contribution in [2.24, 2.45) is 0 Å². The van der Waals surface area contributed by atoms with Crippen LogP contribution in [-0.2, 0) is 9.53 Å². The first-order valence-electron chi connectivity index (χ1n) is 19.8. The molecule has 0 N–H and O–H groups in total. The van der Waals surface area contributed by atoms with E-state index in [1.54, 1.807) is 35.2 Å². The van der Waals surface area contributed by atoms with E-state index in [0.29, 0.717) is 60.1 Å². The third-order valence-corrected chi connectivity index (χ3v) is 12.4. The van der Waals surface area contributed by atoms with Gasteiger partial charge < -0.3 is 19.3 Å². The lowest BCUT2D eigenvalue weighted by molar-refractivity contribution is -0.128. The summed E-state index contributed by atoms with van der Waals surface area (Å²) < 4.78 is 58.9. The van der Waals surface area contributed by atoms with E-state index in [9.17, 15) is 18.8 Å². The summed E-state index contributed by atoms with van der Waals surface area (Å²) >= 11 is 0. The summed E-state index contributed by atoms with van der Waals surface area (Å²) in [5.41, 5.74) is -0.341. The maximum Gasteiger partial charge on any atom is 0.319 e. The van der Waals surface area contributed by atoms with Crippen molar-refractivity contribution in [3.8, 4) is 35.7 Å². The number of likely N-dealkylation sites (tertiary alicyclic amines) is 1. The quantitative estimate of drug-likeness (QED) is 0.162. The van der Waals surface area contributed by atoms with E-state index < -0.39 is 29.4 Å². The molecule has 2 aromatic carbocycles. The van der Waals surface area contributed by atoms with E-state index in [-0.39, 0.29) is 60.5 Å². The lowest BCUT2D eigenvalue weighted by Crippen LogP contribution is -2.55. The third kappa shape index (κ3) is 6.94. The number of benzene rings is 2. The van der Waals surface area contributed by atoms with Gasteiger partial charge in [-0.2, -0.15) is 15.2 Å². The minimum atomic E-state index is -0.966. The number of aromatic nitrogens is 3. The van der Waals surface area contributed by atoms with Gasteiger partial charge in [-0.05, 0) is 43.7 Å². The second kappa shape index (κ2) is 15.2. The summed E-state index contributed by atoms with van der Waals surface area (Å²) in [5.74, 6) is 1.20. The molecule has 5 saturated heterocycles. The van der Waals surface area contributed by atoms with Crippen molar-refractivity contribution in [1.82, 2.24) is 29.7 Å². The van der Waals surface area contributed by atoms with Crippen LogP contribution in [0.1, 0.15) is 44.1 Å². The molecule has 5 atom stereocenters. The minimum Gasteiger partial charge on any atom is -0.461 e. The summed E-state index contributed by atoms with van der Waals surface area (Å²) in [7, 11) is 0. The number of pyridine rings is 1. The molecule has 1 amide bonds. The summed E-state index contributed by atoms with van der Waals surface area (Å²) in [6.45, 7) is 4.45. The third-order valence-electron chi connectivity index (χ3n) is 12.4. The molecule has 0 aliphatic carbocycles. The molecular weight excluding hydrogens is 734 g/mol. The van der Waals surface area contributed by atoms with Crippen molar-refractivity contribution >= 4 is 33.4 Å². The lowest BCUT2D eigenvalue weighted by Gasteiger charge is -2.41. The number of hydrogen-bond donors (Lipinski definition) is 0. The van der Waals surface area contributed by atoms with Crippen LogP contribution in [0.25, 0.3) is 32.9 Å². The largest absolute Gasteiger partial charge is 0.461 e. The van der Waals surface area contributed by atoms with Gasteiger partial charge in [-0.25, -0.2) is 13.2 Å². The average Bonchev–Trinajstić information content (AvgIpc) is 3.87. The van der Waals surface area contributed by atoms with Gasteiger partial charge in [0.15, 0.2) is 5.82 Å². The number of alkyl halides is 1. The van der Waals surface area contributed by atoms with Crippen molar-refractivity contribution in [1.29, 1.82) is 5.26 Å². The van der Waals surface area contributed by atoms with Crippen molar-refractivity contribution in [3.63, 3.8) is 0 Å². The molecule has 9 rings (SSSR count). The molecule has 2 aromatic heterocycles. The maximum atomic E-state index is 17.1. The van der Waals surface area contributed by atoms with Gasteiger partial charge in [0.2, 0.25) is 5.91 Å². The number of ether oxygens (including phenoxy) is 2. The predicted octanol–water partition coefficient (Wildman–Crippen LogP) is 5.41. The Hall–Kier alpha value is -5.28. The topological polar surface area (TPSA) is 111 Å². The molecule has 294 valence electrons.